The third-order valence-electron chi connectivity index (χ3n) is 3.21. The molecule has 0 aliphatic carbocycles. The second kappa shape index (κ2) is 5.67. The fourth-order valence-electron chi connectivity index (χ4n) is 2.24. The first-order valence-electron chi connectivity index (χ1n) is 6.11. The summed E-state index contributed by atoms with van der Waals surface area (Å²) in [5.74, 6) is -1.59. The number of allylic oxidation sites excluding steroid dienone is 2. The number of hydrogen-bond acceptors (Lipinski definition) is 5. The molecule has 0 fully saturated rings. The van der Waals surface area contributed by atoms with Crippen molar-refractivity contribution in [3.8, 4) is 6.07 Å². The summed E-state index contributed by atoms with van der Waals surface area (Å²) in [5.41, 5.74) is 6.54. The van der Waals surface area contributed by atoms with Crippen LogP contribution in [0.1, 0.15) is 18.4 Å². The number of nitrogens with zero attached hydrogens (tertiary/aromatic N) is 1. The lowest BCUT2D eigenvalue weighted by Gasteiger charge is -2.26. The Bertz CT molecular complexity index is 684. The van der Waals surface area contributed by atoms with Gasteiger partial charge < -0.3 is 15.2 Å². The molecule has 1 aliphatic heterocycles. The number of benzene rings is 1. The van der Waals surface area contributed by atoms with Crippen molar-refractivity contribution < 1.29 is 18.7 Å². The highest BCUT2D eigenvalue weighted by Crippen LogP contribution is 2.39. The molecule has 1 unspecified atom stereocenters. The zero-order chi connectivity index (χ0) is 15.6. The average molecular weight is 288 g/mol. The summed E-state index contributed by atoms with van der Waals surface area (Å²) in [6, 6.07) is 7.43. The van der Waals surface area contributed by atoms with Crippen molar-refractivity contribution in [3.63, 3.8) is 0 Å². The monoisotopic (exact) mass is 288 g/mol. The summed E-state index contributed by atoms with van der Waals surface area (Å²) in [4.78, 5) is 12.0. The largest absolute Gasteiger partial charge is 0.466 e. The highest BCUT2D eigenvalue weighted by molar-refractivity contribution is 5.92. The van der Waals surface area contributed by atoms with Gasteiger partial charge in [-0.05, 0) is 24.6 Å². The molecule has 0 saturated heterocycles. The Morgan fingerprint density at radius 2 is 2.05 bits per heavy atom. The third kappa shape index (κ3) is 2.58. The third-order valence-corrected chi connectivity index (χ3v) is 3.21. The van der Waals surface area contributed by atoms with Crippen molar-refractivity contribution in [2.24, 2.45) is 5.73 Å². The molecule has 1 aromatic carbocycles. The lowest BCUT2D eigenvalue weighted by atomic mass is 9.83. The van der Waals surface area contributed by atoms with Gasteiger partial charge in [0.2, 0.25) is 5.88 Å². The predicted molar refractivity (Wildman–Crippen MR) is 71.8 cm³/mol. The molecule has 6 heteroatoms. The fourth-order valence-corrected chi connectivity index (χ4v) is 2.24. The highest BCUT2D eigenvalue weighted by Gasteiger charge is 2.35. The summed E-state index contributed by atoms with van der Waals surface area (Å²) >= 11 is 0. The van der Waals surface area contributed by atoms with E-state index in [1.54, 1.807) is 6.92 Å². The van der Waals surface area contributed by atoms with Crippen molar-refractivity contribution in [3.05, 3.63) is 58.4 Å². The van der Waals surface area contributed by atoms with Gasteiger partial charge in [-0.2, -0.15) is 5.26 Å². The van der Waals surface area contributed by atoms with Gasteiger partial charge >= 0.3 is 5.97 Å². The quantitative estimate of drug-likeness (QED) is 0.842. The second-order valence-electron chi connectivity index (χ2n) is 4.44. The zero-order valence-electron chi connectivity index (χ0n) is 11.5. The van der Waals surface area contributed by atoms with Crippen LogP contribution in [0.3, 0.4) is 0 Å². The van der Waals surface area contributed by atoms with E-state index in [1.807, 2.05) is 6.07 Å². The average Bonchev–Trinajstić information content (AvgIpc) is 2.46. The van der Waals surface area contributed by atoms with E-state index in [4.69, 9.17) is 15.2 Å². The first kappa shape index (κ1) is 14.6. The molecule has 5 nitrogen and oxygen atoms in total. The smallest absolute Gasteiger partial charge is 0.338 e. The number of hydrogen-bond donors (Lipinski definition) is 1. The molecule has 1 aromatic rings. The van der Waals surface area contributed by atoms with Gasteiger partial charge in [-0.1, -0.05) is 12.1 Å². The Balaban J connectivity index is 2.63. The van der Waals surface area contributed by atoms with Gasteiger partial charge in [0.15, 0.2) is 0 Å². The van der Waals surface area contributed by atoms with Gasteiger partial charge in [-0.15, -0.1) is 0 Å². The summed E-state index contributed by atoms with van der Waals surface area (Å²) in [6.07, 6.45) is 0. The summed E-state index contributed by atoms with van der Waals surface area (Å²) in [5, 5.41) is 9.29. The number of halogens is 1. The summed E-state index contributed by atoms with van der Waals surface area (Å²) in [6.45, 7) is 1.56. The number of carbonyl (C=O) groups excluding carboxylic acids is 1. The molecule has 0 aromatic heterocycles. The maximum absolute atomic E-state index is 13.1. The van der Waals surface area contributed by atoms with Gasteiger partial charge in [-0.3, -0.25) is 0 Å². The minimum Gasteiger partial charge on any atom is -0.466 e. The maximum atomic E-state index is 13.1. The molecular weight excluding hydrogens is 275 g/mol. The first-order chi connectivity index (χ1) is 9.99. The van der Waals surface area contributed by atoms with Crippen molar-refractivity contribution in [2.75, 3.05) is 7.11 Å². The first-order valence-corrected chi connectivity index (χ1v) is 6.11. The Morgan fingerprint density at radius 3 is 2.57 bits per heavy atom. The fraction of sp³-hybridized carbons (Fsp3) is 0.200. The molecule has 2 rings (SSSR count). The van der Waals surface area contributed by atoms with Crippen LogP contribution >= 0.6 is 0 Å². The Kier molecular flexibility index (Phi) is 3.94. The molecule has 0 bridgehead atoms. The van der Waals surface area contributed by atoms with Crippen molar-refractivity contribution in [2.45, 2.75) is 12.8 Å². The van der Waals surface area contributed by atoms with E-state index in [-0.39, 0.29) is 22.8 Å². The highest BCUT2D eigenvalue weighted by atomic mass is 19.1. The summed E-state index contributed by atoms with van der Waals surface area (Å²) < 4.78 is 23.1. The minimum atomic E-state index is -0.739. The number of nitrogens with two attached hydrogens (primary N) is 1. The molecule has 0 spiro atoms. The predicted octanol–water partition coefficient (Wildman–Crippen LogP) is 2.08. The van der Waals surface area contributed by atoms with Crippen LogP contribution in [-0.2, 0) is 14.3 Å². The lowest BCUT2D eigenvalue weighted by Crippen LogP contribution is -2.25. The van der Waals surface area contributed by atoms with Gasteiger partial charge in [0, 0.05) is 0 Å². The number of carbonyl (C=O) groups is 1. The topological polar surface area (TPSA) is 85.3 Å². The lowest BCUT2D eigenvalue weighted by molar-refractivity contribution is -0.136. The SMILES string of the molecule is COC(=O)C1=C(C)OC(N)=C(C#N)C1c1ccc(F)cc1. The van der Waals surface area contributed by atoms with Crippen LogP contribution in [0.5, 0.6) is 0 Å². The van der Waals surface area contributed by atoms with E-state index in [0.29, 0.717) is 5.56 Å². The van der Waals surface area contributed by atoms with E-state index < -0.39 is 17.7 Å². The Hall–Kier alpha value is -2.81. The van der Waals surface area contributed by atoms with Crippen LogP contribution in [0, 0.1) is 17.1 Å². The van der Waals surface area contributed by atoms with Gasteiger partial charge in [0.1, 0.15) is 23.2 Å². The van der Waals surface area contributed by atoms with Crippen molar-refractivity contribution in [1.82, 2.24) is 0 Å². The van der Waals surface area contributed by atoms with E-state index in [1.165, 1.54) is 31.4 Å². The molecule has 2 N–H and O–H groups in total. The molecular formula is C15H13FN2O3. The van der Waals surface area contributed by atoms with Crippen LogP contribution in [0.15, 0.2) is 47.1 Å². The van der Waals surface area contributed by atoms with Crippen molar-refractivity contribution >= 4 is 5.97 Å². The van der Waals surface area contributed by atoms with Crippen LogP contribution in [0.25, 0.3) is 0 Å². The van der Waals surface area contributed by atoms with Crippen LogP contribution in [-0.4, -0.2) is 13.1 Å². The molecule has 1 atom stereocenters. The van der Waals surface area contributed by atoms with Crippen molar-refractivity contribution in [1.29, 1.82) is 5.26 Å². The van der Waals surface area contributed by atoms with E-state index in [0.717, 1.165) is 0 Å². The molecule has 0 saturated carbocycles. The molecule has 108 valence electrons. The van der Waals surface area contributed by atoms with Crippen LogP contribution < -0.4 is 5.73 Å². The number of methoxy groups -OCH3 is 1. The second-order valence-corrected chi connectivity index (χ2v) is 4.44. The van der Waals surface area contributed by atoms with Gasteiger partial charge in [0.25, 0.3) is 0 Å². The van der Waals surface area contributed by atoms with Crippen LogP contribution in [0.4, 0.5) is 4.39 Å². The number of ether oxygens (including phenoxy) is 2. The summed E-state index contributed by atoms with van der Waals surface area (Å²) in [7, 11) is 1.23. The standard InChI is InChI=1S/C15H13FN2O3/c1-8-12(15(19)20-2)13(11(7-17)14(18)21-8)9-3-5-10(16)6-4-9/h3-6,13H,18H2,1-2H3. The molecule has 1 aliphatic rings. The number of nitriles is 1. The minimum absolute atomic E-state index is 0.0722. The molecule has 0 radical (unpaired) electrons. The van der Waals surface area contributed by atoms with E-state index >= 15 is 0 Å². The van der Waals surface area contributed by atoms with Gasteiger partial charge in [0.05, 0.1) is 18.6 Å². The zero-order valence-corrected chi connectivity index (χ0v) is 11.5. The molecule has 21 heavy (non-hydrogen) atoms. The Labute approximate surface area is 121 Å². The normalized spacial score (nSPS) is 18.1. The maximum Gasteiger partial charge on any atom is 0.338 e. The molecule has 0 amide bonds. The van der Waals surface area contributed by atoms with E-state index in [9.17, 15) is 14.4 Å². The van der Waals surface area contributed by atoms with Gasteiger partial charge in [-0.25, -0.2) is 9.18 Å². The number of esters is 1. The van der Waals surface area contributed by atoms with Crippen LogP contribution in [0.2, 0.25) is 0 Å². The van der Waals surface area contributed by atoms with E-state index in [2.05, 4.69) is 0 Å². The Morgan fingerprint density at radius 1 is 1.43 bits per heavy atom. The molecule has 1 heterocycles. The number of rotatable bonds is 2.